The molecule has 0 radical (unpaired) electrons. The molecule has 3 aromatic rings. The fraction of sp³-hybridized carbons (Fsp3) is 0.310. The number of rotatable bonds is 11. The van der Waals surface area contributed by atoms with Gasteiger partial charge in [0.1, 0.15) is 12.6 Å². The van der Waals surface area contributed by atoms with Crippen molar-refractivity contribution in [2.75, 3.05) is 23.7 Å². The van der Waals surface area contributed by atoms with Crippen LogP contribution >= 0.6 is 0 Å². The Labute approximate surface area is 220 Å². The summed E-state index contributed by atoms with van der Waals surface area (Å²) in [6.07, 6.45) is 1.38. The fourth-order valence-electron chi connectivity index (χ4n) is 4.18. The number of nitrogens with one attached hydrogen (secondary N) is 1. The summed E-state index contributed by atoms with van der Waals surface area (Å²) in [7, 11) is -3.77. The van der Waals surface area contributed by atoms with Gasteiger partial charge in [0.25, 0.3) is 0 Å². The molecule has 0 fully saturated rings. The highest BCUT2D eigenvalue weighted by molar-refractivity contribution is 7.92. The van der Waals surface area contributed by atoms with Gasteiger partial charge in [0.15, 0.2) is 0 Å². The first-order chi connectivity index (χ1) is 17.6. The van der Waals surface area contributed by atoms with Crippen LogP contribution in [0.2, 0.25) is 0 Å². The number of aryl methyl sites for hydroxylation is 2. The molecular formula is C29H35N3O4S. The van der Waals surface area contributed by atoms with E-state index in [1.54, 1.807) is 24.3 Å². The molecule has 0 aliphatic carbocycles. The average molecular weight is 522 g/mol. The molecule has 1 atom stereocenters. The number of carbonyl (C=O) groups excluding carboxylic acids is 2. The number of sulfonamides is 1. The van der Waals surface area contributed by atoms with Crippen LogP contribution in [0.25, 0.3) is 0 Å². The fourth-order valence-corrected chi connectivity index (χ4v) is 5.03. The number of amides is 2. The quantitative estimate of drug-likeness (QED) is 0.415. The van der Waals surface area contributed by atoms with E-state index in [2.05, 4.69) is 5.32 Å². The highest BCUT2D eigenvalue weighted by atomic mass is 32.2. The summed E-state index contributed by atoms with van der Waals surface area (Å²) in [5.41, 5.74) is 4.16. The molecule has 1 N–H and O–H groups in total. The Morgan fingerprint density at radius 1 is 0.865 bits per heavy atom. The van der Waals surface area contributed by atoms with Crippen LogP contribution in [0.5, 0.6) is 0 Å². The molecule has 0 spiro atoms. The van der Waals surface area contributed by atoms with E-state index in [1.807, 2.05) is 75.4 Å². The van der Waals surface area contributed by atoms with Gasteiger partial charge in [-0.15, -0.1) is 0 Å². The zero-order valence-corrected chi connectivity index (χ0v) is 22.7. The van der Waals surface area contributed by atoms with E-state index in [0.717, 1.165) is 32.8 Å². The topological polar surface area (TPSA) is 86.8 Å². The van der Waals surface area contributed by atoms with Crippen molar-refractivity contribution in [2.24, 2.45) is 0 Å². The van der Waals surface area contributed by atoms with Gasteiger partial charge in [-0.05, 0) is 44.0 Å². The SMILES string of the molecule is CCNC(=O)[C@H](Cc1ccccc1)N(Cc1cccc(C)c1)C(=O)CN(c1ccc(C)cc1)S(C)(=O)=O. The first kappa shape index (κ1) is 27.9. The van der Waals surface area contributed by atoms with Crippen LogP contribution < -0.4 is 9.62 Å². The average Bonchev–Trinajstić information content (AvgIpc) is 2.85. The molecule has 0 heterocycles. The maximum Gasteiger partial charge on any atom is 0.244 e. The van der Waals surface area contributed by atoms with Crippen molar-refractivity contribution < 1.29 is 18.0 Å². The third-order valence-electron chi connectivity index (χ3n) is 6.06. The number of benzene rings is 3. The van der Waals surface area contributed by atoms with Crippen LogP contribution in [0.3, 0.4) is 0 Å². The lowest BCUT2D eigenvalue weighted by atomic mass is 10.0. The first-order valence-corrected chi connectivity index (χ1v) is 14.1. The zero-order chi connectivity index (χ0) is 27.0. The molecule has 3 aromatic carbocycles. The third kappa shape index (κ3) is 7.92. The van der Waals surface area contributed by atoms with Crippen LogP contribution in [0.1, 0.15) is 29.2 Å². The van der Waals surface area contributed by atoms with Gasteiger partial charge >= 0.3 is 0 Å². The Morgan fingerprint density at radius 3 is 2.11 bits per heavy atom. The lowest BCUT2D eigenvalue weighted by Gasteiger charge is -2.33. The molecule has 0 saturated carbocycles. The van der Waals surface area contributed by atoms with Crippen LogP contribution in [0.4, 0.5) is 5.69 Å². The van der Waals surface area contributed by atoms with Crippen molar-refractivity contribution in [3.05, 3.63) is 101 Å². The monoisotopic (exact) mass is 521 g/mol. The number of nitrogens with zero attached hydrogens (tertiary/aromatic N) is 2. The Morgan fingerprint density at radius 2 is 1.51 bits per heavy atom. The van der Waals surface area contributed by atoms with Gasteiger partial charge in [0.2, 0.25) is 21.8 Å². The number of hydrogen-bond acceptors (Lipinski definition) is 4. The molecule has 0 bridgehead atoms. The molecule has 0 aliphatic rings. The summed E-state index contributed by atoms with van der Waals surface area (Å²) in [5, 5.41) is 2.86. The predicted octanol–water partition coefficient (Wildman–Crippen LogP) is 3.85. The molecular weight excluding hydrogens is 486 g/mol. The molecule has 8 heteroatoms. The largest absolute Gasteiger partial charge is 0.355 e. The smallest absolute Gasteiger partial charge is 0.244 e. The summed E-state index contributed by atoms with van der Waals surface area (Å²) in [5.74, 6) is -0.742. The molecule has 0 unspecified atom stereocenters. The van der Waals surface area contributed by atoms with E-state index >= 15 is 0 Å². The van der Waals surface area contributed by atoms with Crippen LogP contribution in [0, 0.1) is 13.8 Å². The van der Waals surface area contributed by atoms with E-state index in [0.29, 0.717) is 18.7 Å². The first-order valence-electron chi connectivity index (χ1n) is 12.3. The van der Waals surface area contributed by atoms with Gasteiger partial charge in [-0.2, -0.15) is 0 Å². The molecule has 0 saturated heterocycles. The van der Waals surface area contributed by atoms with Crippen molar-refractivity contribution in [1.29, 1.82) is 0 Å². The van der Waals surface area contributed by atoms with Crippen molar-refractivity contribution in [2.45, 2.75) is 39.8 Å². The van der Waals surface area contributed by atoms with E-state index in [1.165, 1.54) is 4.90 Å². The minimum atomic E-state index is -3.77. The highest BCUT2D eigenvalue weighted by Crippen LogP contribution is 2.21. The van der Waals surface area contributed by atoms with Crippen LogP contribution in [-0.2, 0) is 32.6 Å². The van der Waals surface area contributed by atoms with Crippen molar-refractivity contribution in [1.82, 2.24) is 10.2 Å². The summed E-state index contributed by atoms with van der Waals surface area (Å²) in [4.78, 5) is 28.7. The third-order valence-corrected chi connectivity index (χ3v) is 7.20. The van der Waals surface area contributed by atoms with Gasteiger partial charge in [0.05, 0.1) is 11.9 Å². The maximum atomic E-state index is 13.9. The Balaban J connectivity index is 2.03. The van der Waals surface area contributed by atoms with Crippen molar-refractivity contribution in [3.8, 4) is 0 Å². The lowest BCUT2D eigenvalue weighted by molar-refractivity contribution is -0.140. The molecule has 37 heavy (non-hydrogen) atoms. The standard InChI is InChI=1S/C29H35N3O4S/c1-5-30-29(34)27(19-24-11-7-6-8-12-24)31(20-25-13-9-10-23(3)18-25)28(33)21-32(37(4,35)36)26-16-14-22(2)15-17-26/h6-18,27H,5,19-21H2,1-4H3,(H,30,34)/t27-/m0/s1. The minimum Gasteiger partial charge on any atom is -0.355 e. The van der Waals surface area contributed by atoms with Crippen LogP contribution in [-0.4, -0.2) is 50.5 Å². The van der Waals surface area contributed by atoms with E-state index in [4.69, 9.17) is 0 Å². The van der Waals surface area contributed by atoms with E-state index in [9.17, 15) is 18.0 Å². The van der Waals surface area contributed by atoms with E-state index < -0.39 is 28.5 Å². The number of likely N-dealkylation sites (N-methyl/N-ethyl adjacent to an activating group) is 1. The van der Waals surface area contributed by atoms with E-state index in [-0.39, 0.29) is 12.5 Å². The summed E-state index contributed by atoms with van der Waals surface area (Å²) in [6, 6.07) is 23.4. The zero-order valence-electron chi connectivity index (χ0n) is 21.8. The second-order valence-electron chi connectivity index (χ2n) is 9.22. The number of anilines is 1. The highest BCUT2D eigenvalue weighted by Gasteiger charge is 2.32. The van der Waals surface area contributed by atoms with Crippen molar-refractivity contribution >= 4 is 27.5 Å². The molecule has 2 amide bonds. The summed E-state index contributed by atoms with van der Waals surface area (Å²) in [6.45, 7) is 5.86. The maximum absolute atomic E-state index is 13.9. The molecule has 0 aromatic heterocycles. The molecule has 196 valence electrons. The Kier molecular flexibility index (Phi) is 9.47. The molecule has 0 aliphatic heterocycles. The van der Waals surface area contributed by atoms with Crippen LogP contribution in [0.15, 0.2) is 78.9 Å². The predicted molar refractivity (Wildman–Crippen MR) is 148 cm³/mol. The van der Waals surface area contributed by atoms with Gasteiger partial charge in [-0.1, -0.05) is 77.9 Å². The van der Waals surface area contributed by atoms with Gasteiger partial charge in [-0.3, -0.25) is 13.9 Å². The Hall–Kier alpha value is -3.65. The van der Waals surface area contributed by atoms with Crippen molar-refractivity contribution in [3.63, 3.8) is 0 Å². The summed E-state index contributed by atoms with van der Waals surface area (Å²) < 4.78 is 26.6. The normalized spacial score (nSPS) is 12.0. The van der Waals surface area contributed by atoms with Gasteiger partial charge in [0, 0.05) is 19.5 Å². The Bertz CT molecular complexity index is 1310. The van der Waals surface area contributed by atoms with Gasteiger partial charge < -0.3 is 10.2 Å². The number of hydrogen-bond donors (Lipinski definition) is 1. The molecule has 7 nitrogen and oxygen atoms in total. The lowest BCUT2D eigenvalue weighted by Crippen LogP contribution is -2.53. The molecule has 3 rings (SSSR count). The minimum absolute atomic E-state index is 0.167. The summed E-state index contributed by atoms with van der Waals surface area (Å²) >= 11 is 0. The van der Waals surface area contributed by atoms with Gasteiger partial charge in [-0.25, -0.2) is 8.42 Å². The second-order valence-corrected chi connectivity index (χ2v) is 11.1. The second kappa shape index (κ2) is 12.5. The number of carbonyl (C=O) groups is 2.